The van der Waals surface area contributed by atoms with Gasteiger partial charge in [0.15, 0.2) is 0 Å². The van der Waals surface area contributed by atoms with E-state index >= 15 is 0 Å². The first-order valence-corrected chi connectivity index (χ1v) is 9.16. The van der Waals surface area contributed by atoms with E-state index < -0.39 is 0 Å². The minimum Gasteiger partial charge on any atom is -0.340 e. The Kier molecular flexibility index (Phi) is 6.19. The van der Waals surface area contributed by atoms with Gasteiger partial charge in [-0.3, -0.25) is 4.79 Å². The van der Waals surface area contributed by atoms with Gasteiger partial charge in [0.25, 0.3) is 0 Å². The minimum atomic E-state index is 0.230. The van der Waals surface area contributed by atoms with Crippen LogP contribution >= 0.6 is 39.0 Å². The molecule has 0 atom stereocenters. The predicted molar refractivity (Wildman–Crippen MR) is 86.8 cm³/mol. The fourth-order valence-corrected chi connectivity index (χ4v) is 4.69. The van der Waals surface area contributed by atoms with Gasteiger partial charge in [0, 0.05) is 27.0 Å². The summed E-state index contributed by atoms with van der Waals surface area (Å²) in [6, 6.07) is 2.08. The first-order valence-electron chi connectivity index (χ1n) is 6.44. The molecule has 1 amide bonds. The number of rotatable bonds is 5. The number of hydrogen-bond donors (Lipinski definition) is 1. The van der Waals surface area contributed by atoms with Crippen LogP contribution in [0.1, 0.15) is 17.7 Å². The molecule has 0 aromatic carbocycles. The van der Waals surface area contributed by atoms with Crippen molar-refractivity contribution in [1.82, 2.24) is 10.2 Å². The zero-order chi connectivity index (χ0) is 13.7. The van der Waals surface area contributed by atoms with Crippen LogP contribution in [0.3, 0.4) is 0 Å². The summed E-state index contributed by atoms with van der Waals surface area (Å²) in [6.45, 7) is 2.89. The van der Waals surface area contributed by atoms with Crippen LogP contribution < -0.4 is 5.32 Å². The Labute approximate surface area is 131 Å². The van der Waals surface area contributed by atoms with Crippen LogP contribution in [0.25, 0.3) is 0 Å². The summed E-state index contributed by atoms with van der Waals surface area (Å²) in [5.41, 5.74) is 0. The highest BCUT2D eigenvalue weighted by molar-refractivity contribution is 9.10. The van der Waals surface area contributed by atoms with Crippen LogP contribution in [-0.4, -0.2) is 41.9 Å². The maximum absolute atomic E-state index is 12.1. The fraction of sp³-hybridized carbons (Fsp3) is 0.615. The smallest absolute Gasteiger partial charge is 0.232 e. The molecular weight excluding hydrogens is 344 g/mol. The van der Waals surface area contributed by atoms with Gasteiger partial charge in [-0.2, -0.15) is 0 Å². The van der Waals surface area contributed by atoms with E-state index in [1.807, 2.05) is 23.7 Å². The van der Waals surface area contributed by atoms with Crippen LogP contribution in [-0.2, 0) is 11.3 Å². The van der Waals surface area contributed by atoms with Crippen molar-refractivity contribution in [1.29, 1.82) is 0 Å². The second-order valence-corrected chi connectivity index (χ2v) is 7.94. The summed E-state index contributed by atoms with van der Waals surface area (Å²) in [4.78, 5) is 15.1. The molecule has 0 aliphatic carbocycles. The average molecular weight is 363 g/mol. The molecule has 1 N–H and O–H groups in total. The van der Waals surface area contributed by atoms with Gasteiger partial charge < -0.3 is 10.2 Å². The number of carbonyl (C=O) groups is 1. The number of halogens is 1. The van der Waals surface area contributed by atoms with Gasteiger partial charge in [-0.05, 0) is 47.9 Å². The Morgan fingerprint density at radius 2 is 2.32 bits per heavy atom. The number of nitrogens with one attached hydrogen (secondary N) is 1. The third kappa shape index (κ3) is 5.10. The van der Waals surface area contributed by atoms with Gasteiger partial charge in [-0.15, -0.1) is 23.1 Å². The van der Waals surface area contributed by atoms with Crippen molar-refractivity contribution >= 4 is 44.9 Å². The van der Waals surface area contributed by atoms with E-state index in [-0.39, 0.29) is 5.91 Å². The second-order valence-electron chi connectivity index (χ2n) is 4.74. The molecule has 6 heteroatoms. The molecule has 0 unspecified atom stereocenters. The Balaban J connectivity index is 1.72. The molecule has 1 aromatic heterocycles. The van der Waals surface area contributed by atoms with Gasteiger partial charge in [0.05, 0.1) is 12.3 Å². The van der Waals surface area contributed by atoms with E-state index in [0.717, 1.165) is 17.6 Å². The predicted octanol–water partition coefficient (Wildman–Crippen LogP) is 2.95. The zero-order valence-electron chi connectivity index (χ0n) is 11.0. The lowest BCUT2D eigenvalue weighted by atomic mass is 10.2. The lowest BCUT2D eigenvalue weighted by Gasteiger charge is -2.23. The van der Waals surface area contributed by atoms with Crippen molar-refractivity contribution in [2.24, 2.45) is 0 Å². The summed E-state index contributed by atoms with van der Waals surface area (Å²) in [6.07, 6.45) is 2.36. The molecule has 106 valence electrons. The van der Waals surface area contributed by atoms with E-state index in [4.69, 9.17) is 0 Å². The quantitative estimate of drug-likeness (QED) is 0.873. The summed E-state index contributed by atoms with van der Waals surface area (Å²) in [7, 11) is 1.89. The van der Waals surface area contributed by atoms with Crippen LogP contribution in [0.2, 0.25) is 0 Å². The van der Waals surface area contributed by atoms with Gasteiger partial charge in [0.2, 0.25) is 5.91 Å². The topological polar surface area (TPSA) is 32.3 Å². The highest BCUT2D eigenvalue weighted by Crippen LogP contribution is 2.22. The summed E-state index contributed by atoms with van der Waals surface area (Å²) < 4.78 is 1.09. The molecule has 1 aliphatic heterocycles. The largest absolute Gasteiger partial charge is 0.340 e. The molecule has 2 heterocycles. The molecule has 0 saturated carbocycles. The van der Waals surface area contributed by atoms with Gasteiger partial charge in [-0.1, -0.05) is 0 Å². The molecule has 1 saturated heterocycles. The highest BCUT2D eigenvalue weighted by atomic mass is 79.9. The number of piperidine rings is 1. The van der Waals surface area contributed by atoms with Crippen molar-refractivity contribution in [3.8, 4) is 0 Å². The van der Waals surface area contributed by atoms with Gasteiger partial charge in [0.1, 0.15) is 0 Å². The zero-order valence-corrected chi connectivity index (χ0v) is 14.2. The Morgan fingerprint density at radius 1 is 1.58 bits per heavy atom. The number of hydrogen-bond acceptors (Lipinski definition) is 4. The standard InChI is InChI=1S/C13H19BrN2OS2/c1-16(7-12-6-10(14)8-18-12)13(17)9-19-11-2-4-15-5-3-11/h6,8,11,15H,2-5,7,9H2,1H3. The lowest BCUT2D eigenvalue weighted by Crippen LogP contribution is -2.32. The lowest BCUT2D eigenvalue weighted by molar-refractivity contribution is -0.127. The average Bonchev–Trinajstić information content (AvgIpc) is 2.82. The number of thiophene rings is 1. The first kappa shape index (κ1) is 15.4. The molecule has 0 spiro atoms. The first-order chi connectivity index (χ1) is 9.15. The molecule has 2 rings (SSSR count). The van der Waals surface area contributed by atoms with Gasteiger partial charge >= 0.3 is 0 Å². The van der Waals surface area contributed by atoms with E-state index in [1.54, 1.807) is 11.3 Å². The molecule has 3 nitrogen and oxygen atoms in total. The third-order valence-electron chi connectivity index (χ3n) is 3.17. The van der Waals surface area contributed by atoms with E-state index in [1.165, 1.54) is 17.7 Å². The minimum absolute atomic E-state index is 0.230. The number of nitrogens with zero attached hydrogens (tertiary/aromatic N) is 1. The molecular formula is C13H19BrN2OS2. The van der Waals surface area contributed by atoms with Crippen LogP contribution in [0.5, 0.6) is 0 Å². The molecule has 0 bridgehead atoms. The van der Waals surface area contributed by atoms with Crippen molar-refractivity contribution < 1.29 is 4.79 Å². The van der Waals surface area contributed by atoms with Gasteiger partial charge in [-0.25, -0.2) is 0 Å². The van der Waals surface area contributed by atoms with E-state index in [2.05, 4.69) is 32.7 Å². The Bertz CT molecular complexity index is 419. The Morgan fingerprint density at radius 3 is 2.95 bits per heavy atom. The second kappa shape index (κ2) is 7.67. The van der Waals surface area contributed by atoms with E-state index in [9.17, 15) is 4.79 Å². The fourth-order valence-electron chi connectivity index (χ4n) is 2.02. The number of thioether (sulfide) groups is 1. The molecule has 1 fully saturated rings. The van der Waals surface area contributed by atoms with Crippen molar-refractivity contribution in [3.05, 3.63) is 20.8 Å². The molecule has 1 aromatic rings. The summed E-state index contributed by atoms with van der Waals surface area (Å²) in [5.74, 6) is 0.835. The van der Waals surface area contributed by atoms with Crippen molar-refractivity contribution in [3.63, 3.8) is 0 Å². The highest BCUT2D eigenvalue weighted by Gasteiger charge is 2.17. The molecule has 19 heavy (non-hydrogen) atoms. The maximum Gasteiger partial charge on any atom is 0.232 e. The molecule has 0 radical (unpaired) electrons. The summed E-state index contributed by atoms with van der Waals surface area (Å²) in [5, 5.41) is 6.05. The SMILES string of the molecule is CN(Cc1cc(Br)cs1)C(=O)CSC1CCNCC1. The van der Waals surface area contributed by atoms with E-state index in [0.29, 0.717) is 17.5 Å². The van der Waals surface area contributed by atoms with Crippen molar-refractivity contribution in [2.75, 3.05) is 25.9 Å². The normalized spacial score (nSPS) is 16.5. The third-order valence-corrected chi connectivity index (χ3v) is 6.21. The van der Waals surface area contributed by atoms with Crippen LogP contribution in [0, 0.1) is 0 Å². The number of amides is 1. The monoisotopic (exact) mass is 362 g/mol. The van der Waals surface area contributed by atoms with Crippen LogP contribution in [0.4, 0.5) is 0 Å². The maximum atomic E-state index is 12.1. The van der Waals surface area contributed by atoms with Crippen LogP contribution in [0.15, 0.2) is 15.9 Å². The number of carbonyl (C=O) groups excluding carboxylic acids is 1. The Hall–Kier alpha value is -0.0400. The summed E-state index contributed by atoms with van der Waals surface area (Å²) >= 11 is 6.94. The molecule has 1 aliphatic rings. The van der Waals surface area contributed by atoms with Crippen molar-refractivity contribution in [2.45, 2.75) is 24.6 Å².